The maximum absolute atomic E-state index is 12.9. The summed E-state index contributed by atoms with van der Waals surface area (Å²) in [5.74, 6) is 0.631. The molecule has 1 unspecified atom stereocenters. The van der Waals surface area contributed by atoms with Crippen molar-refractivity contribution < 1.29 is 23.0 Å². The van der Waals surface area contributed by atoms with E-state index in [0.717, 1.165) is 12.1 Å². The molecule has 1 heterocycles. The molecule has 5 nitrogen and oxygen atoms in total. The molecule has 2 N–H and O–H groups in total. The number of aliphatic hydroxyl groups excluding tert-OH is 1. The van der Waals surface area contributed by atoms with Crippen LogP contribution in [0.2, 0.25) is 0 Å². The molecule has 0 radical (unpaired) electrons. The largest absolute Gasteiger partial charge is 0.416 e. The molecule has 1 aliphatic heterocycles. The molecule has 0 bridgehead atoms. The lowest BCUT2D eigenvalue weighted by molar-refractivity contribution is -0.137. The van der Waals surface area contributed by atoms with Crippen molar-refractivity contribution in [2.75, 3.05) is 39.4 Å². The second-order valence-electron chi connectivity index (χ2n) is 5.39. The van der Waals surface area contributed by atoms with E-state index in [1.807, 2.05) is 11.8 Å². The highest BCUT2D eigenvalue weighted by molar-refractivity contribution is 5.80. The van der Waals surface area contributed by atoms with Gasteiger partial charge in [-0.1, -0.05) is 12.1 Å². The smallest absolute Gasteiger partial charge is 0.394 e. The van der Waals surface area contributed by atoms with Crippen LogP contribution in [0.1, 0.15) is 24.2 Å². The summed E-state index contributed by atoms with van der Waals surface area (Å²) >= 11 is 0. The number of halogens is 3. The summed E-state index contributed by atoms with van der Waals surface area (Å²) in [7, 11) is 0. The highest BCUT2D eigenvalue weighted by atomic mass is 19.4. The Labute approximate surface area is 139 Å². The van der Waals surface area contributed by atoms with E-state index in [-0.39, 0.29) is 13.2 Å². The number of hydrogen-bond acceptors (Lipinski definition) is 3. The molecule has 1 atom stereocenters. The number of hydrogen-bond donors (Lipinski definition) is 2. The van der Waals surface area contributed by atoms with Gasteiger partial charge in [-0.15, -0.1) is 0 Å². The first-order valence-corrected chi connectivity index (χ1v) is 7.88. The first-order valence-electron chi connectivity index (χ1n) is 7.88. The van der Waals surface area contributed by atoms with E-state index in [9.17, 15) is 13.2 Å². The molecule has 24 heavy (non-hydrogen) atoms. The van der Waals surface area contributed by atoms with Crippen molar-refractivity contribution in [2.45, 2.75) is 19.2 Å². The number of benzene rings is 1. The predicted octanol–water partition coefficient (Wildman–Crippen LogP) is 2.04. The number of ether oxygens (including phenoxy) is 1. The Kier molecular flexibility index (Phi) is 6.44. The van der Waals surface area contributed by atoms with Crippen LogP contribution in [-0.4, -0.2) is 55.4 Å². The van der Waals surface area contributed by atoms with Gasteiger partial charge in [-0.05, 0) is 24.6 Å². The van der Waals surface area contributed by atoms with Crippen LogP contribution in [0.5, 0.6) is 0 Å². The van der Waals surface area contributed by atoms with Crippen molar-refractivity contribution in [2.24, 2.45) is 4.99 Å². The molecular formula is C16H22F3N3O2. The van der Waals surface area contributed by atoms with Gasteiger partial charge in [0.15, 0.2) is 5.96 Å². The number of guanidine groups is 1. The Morgan fingerprint density at radius 1 is 1.46 bits per heavy atom. The summed E-state index contributed by atoms with van der Waals surface area (Å²) in [6.45, 7) is 4.19. The molecule has 1 aromatic carbocycles. The number of aliphatic hydroxyl groups is 1. The van der Waals surface area contributed by atoms with E-state index in [2.05, 4.69) is 10.3 Å². The van der Waals surface area contributed by atoms with Gasteiger partial charge in [0, 0.05) is 13.1 Å². The standard InChI is InChI=1S/C16H22F3N3O2/c1-2-20-15(21-6-8-23)22-7-9-24-14(11-22)12-4-3-5-13(10-12)16(17,18)19/h3-5,10,14,23H,2,6-9,11H2,1H3,(H,20,21). The minimum Gasteiger partial charge on any atom is -0.394 e. The minimum atomic E-state index is -4.37. The molecule has 134 valence electrons. The van der Waals surface area contributed by atoms with E-state index >= 15 is 0 Å². The van der Waals surface area contributed by atoms with Gasteiger partial charge in [0.1, 0.15) is 6.10 Å². The second-order valence-corrected chi connectivity index (χ2v) is 5.39. The molecule has 0 saturated carbocycles. The maximum atomic E-state index is 12.9. The van der Waals surface area contributed by atoms with Crippen LogP contribution in [0.3, 0.4) is 0 Å². The molecule has 1 fully saturated rings. The van der Waals surface area contributed by atoms with Crippen molar-refractivity contribution in [3.63, 3.8) is 0 Å². The summed E-state index contributed by atoms with van der Waals surface area (Å²) in [4.78, 5) is 6.22. The van der Waals surface area contributed by atoms with Crippen LogP contribution >= 0.6 is 0 Å². The molecule has 0 amide bonds. The van der Waals surface area contributed by atoms with Gasteiger partial charge in [0.25, 0.3) is 0 Å². The highest BCUT2D eigenvalue weighted by Crippen LogP contribution is 2.32. The van der Waals surface area contributed by atoms with E-state index < -0.39 is 17.8 Å². The van der Waals surface area contributed by atoms with Gasteiger partial charge >= 0.3 is 6.18 Å². The number of rotatable bonds is 4. The lowest BCUT2D eigenvalue weighted by atomic mass is 10.0. The van der Waals surface area contributed by atoms with Crippen LogP contribution in [0.25, 0.3) is 0 Å². The second kappa shape index (κ2) is 8.34. The summed E-state index contributed by atoms with van der Waals surface area (Å²) in [5.41, 5.74) is -0.186. The zero-order chi connectivity index (χ0) is 17.6. The zero-order valence-electron chi connectivity index (χ0n) is 13.5. The molecule has 0 spiro atoms. The minimum absolute atomic E-state index is 0.0592. The third kappa shape index (κ3) is 4.85. The fraction of sp³-hybridized carbons (Fsp3) is 0.562. The highest BCUT2D eigenvalue weighted by Gasteiger charge is 2.32. The molecule has 8 heteroatoms. The number of morpholine rings is 1. The lowest BCUT2D eigenvalue weighted by Gasteiger charge is -2.35. The molecular weight excluding hydrogens is 323 g/mol. The number of nitrogens with zero attached hydrogens (tertiary/aromatic N) is 2. The fourth-order valence-corrected chi connectivity index (χ4v) is 2.54. The molecule has 0 aliphatic carbocycles. The summed E-state index contributed by atoms with van der Waals surface area (Å²) < 4.78 is 44.3. The van der Waals surface area contributed by atoms with Crippen LogP contribution in [0, 0.1) is 0 Å². The molecule has 0 aromatic heterocycles. The monoisotopic (exact) mass is 345 g/mol. The Morgan fingerprint density at radius 3 is 2.92 bits per heavy atom. The third-order valence-electron chi connectivity index (χ3n) is 3.65. The van der Waals surface area contributed by atoms with Gasteiger partial charge in [-0.2, -0.15) is 13.2 Å². The third-order valence-corrected chi connectivity index (χ3v) is 3.65. The first kappa shape index (κ1) is 18.5. The molecule has 1 saturated heterocycles. The average Bonchev–Trinajstić information content (AvgIpc) is 2.58. The van der Waals surface area contributed by atoms with E-state index in [1.165, 1.54) is 6.07 Å². The predicted molar refractivity (Wildman–Crippen MR) is 84.8 cm³/mol. The van der Waals surface area contributed by atoms with Gasteiger partial charge in [-0.25, -0.2) is 0 Å². The molecule has 1 aliphatic rings. The number of nitrogens with one attached hydrogen (secondary N) is 1. The molecule has 2 rings (SSSR count). The van der Waals surface area contributed by atoms with Gasteiger partial charge in [0.2, 0.25) is 0 Å². The van der Waals surface area contributed by atoms with E-state index in [4.69, 9.17) is 9.84 Å². The van der Waals surface area contributed by atoms with Crippen LogP contribution in [0.15, 0.2) is 29.3 Å². The number of aliphatic imine (C=N–C) groups is 1. The average molecular weight is 345 g/mol. The number of alkyl halides is 3. The van der Waals surface area contributed by atoms with Gasteiger partial charge in [-0.3, -0.25) is 4.99 Å². The van der Waals surface area contributed by atoms with Crippen molar-refractivity contribution in [3.8, 4) is 0 Å². The van der Waals surface area contributed by atoms with Gasteiger partial charge in [0.05, 0.1) is 31.9 Å². The topological polar surface area (TPSA) is 57.1 Å². The SMILES string of the molecule is CCNC(=NCCO)N1CCOC(c2cccc(C(F)(F)F)c2)C1. The van der Waals surface area contributed by atoms with Crippen molar-refractivity contribution in [1.29, 1.82) is 0 Å². The maximum Gasteiger partial charge on any atom is 0.416 e. The lowest BCUT2D eigenvalue weighted by Crippen LogP contribution is -2.48. The van der Waals surface area contributed by atoms with Crippen LogP contribution in [-0.2, 0) is 10.9 Å². The Hall–Kier alpha value is -1.80. The van der Waals surface area contributed by atoms with Gasteiger partial charge < -0.3 is 20.1 Å². The summed E-state index contributed by atoms with van der Waals surface area (Å²) in [6, 6.07) is 5.22. The first-order chi connectivity index (χ1) is 11.5. The fourth-order valence-electron chi connectivity index (χ4n) is 2.54. The Morgan fingerprint density at radius 2 is 2.25 bits per heavy atom. The van der Waals surface area contributed by atoms with Crippen molar-refractivity contribution in [3.05, 3.63) is 35.4 Å². The van der Waals surface area contributed by atoms with Crippen molar-refractivity contribution in [1.82, 2.24) is 10.2 Å². The quantitative estimate of drug-likeness (QED) is 0.648. The van der Waals surface area contributed by atoms with Crippen LogP contribution < -0.4 is 5.32 Å². The Balaban J connectivity index is 2.15. The van der Waals surface area contributed by atoms with Crippen LogP contribution in [0.4, 0.5) is 13.2 Å². The summed E-state index contributed by atoms with van der Waals surface area (Å²) in [6.07, 6.45) is -4.83. The zero-order valence-corrected chi connectivity index (χ0v) is 13.5. The van der Waals surface area contributed by atoms with E-state index in [1.54, 1.807) is 6.07 Å². The van der Waals surface area contributed by atoms with Crippen molar-refractivity contribution >= 4 is 5.96 Å². The summed E-state index contributed by atoms with van der Waals surface area (Å²) in [5, 5.41) is 12.1. The molecule has 1 aromatic rings. The Bertz CT molecular complexity index is 564. The van der Waals surface area contributed by atoms with E-state index in [0.29, 0.717) is 37.8 Å². The normalized spacial score (nSPS) is 19.5.